The normalized spacial score (nSPS) is 36.4. The van der Waals surface area contributed by atoms with Crippen molar-refractivity contribution in [3.63, 3.8) is 0 Å². The zero-order chi connectivity index (χ0) is 28.7. The Morgan fingerprint density at radius 3 is 2.48 bits per heavy atom. The minimum atomic E-state index is -1.19. The summed E-state index contributed by atoms with van der Waals surface area (Å²) in [7, 11) is 1.29. The van der Waals surface area contributed by atoms with Crippen molar-refractivity contribution in [1.82, 2.24) is 5.32 Å². The van der Waals surface area contributed by atoms with Gasteiger partial charge in [0.25, 0.3) is 5.91 Å². The largest absolute Gasteiger partial charge is 0.467 e. The van der Waals surface area contributed by atoms with Crippen LogP contribution in [-0.2, 0) is 24.0 Å². The first-order valence-corrected chi connectivity index (χ1v) is 14.6. The molecule has 3 saturated carbocycles. The maximum atomic E-state index is 12.6. The number of nitrogens with one attached hydrogen (secondary N) is 1. The summed E-state index contributed by atoms with van der Waals surface area (Å²) < 4.78 is 4.86. The number of amides is 1. The lowest BCUT2D eigenvalue weighted by Gasteiger charge is -2.59. The third kappa shape index (κ3) is 4.68. The van der Waals surface area contributed by atoms with Crippen molar-refractivity contribution >= 4 is 23.4 Å². The first-order chi connectivity index (χ1) is 19.0. The minimum absolute atomic E-state index is 0.0704. The fourth-order valence-corrected chi connectivity index (χ4v) is 8.66. The Bertz CT molecular complexity index is 1230. The van der Waals surface area contributed by atoms with Gasteiger partial charge < -0.3 is 20.0 Å². The molecule has 1 aromatic carbocycles. The summed E-state index contributed by atoms with van der Waals surface area (Å²) in [5.41, 5.74) is 1.41. The van der Waals surface area contributed by atoms with Crippen LogP contribution in [0, 0.1) is 28.6 Å². The number of esters is 1. The SMILES string of the molecule is COC(=O)[C@H](NC(=O)CO/N=C1/C=C2CC[C@H]3[C@H]4CC[C@](O)(C(C)=O)[C@]4(C)CC[C@@H]3[C@]2(C)CC1)c1ccccc1. The smallest absolute Gasteiger partial charge is 0.333 e. The Kier molecular flexibility index (Phi) is 7.68. The quantitative estimate of drug-likeness (QED) is 0.377. The molecule has 0 heterocycles. The molecule has 0 radical (unpaired) electrons. The number of carbonyl (C=O) groups excluding carboxylic acids is 3. The Morgan fingerprint density at radius 2 is 1.77 bits per heavy atom. The number of aliphatic hydroxyl groups is 1. The monoisotopic (exact) mass is 550 g/mol. The van der Waals surface area contributed by atoms with Crippen LogP contribution in [0.15, 0.2) is 47.1 Å². The van der Waals surface area contributed by atoms with E-state index in [0.717, 1.165) is 50.7 Å². The highest BCUT2D eigenvalue weighted by Gasteiger charge is 2.65. The maximum absolute atomic E-state index is 12.6. The van der Waals surface area contributed by atoms with E-state index in [0.29, 0.717) is 29.7 Å². The van der Waals surface area contributed by atoms with E-state index in [9.17, 15) is 19.5 Å². The Morgan fingerprint density at radius 1 is 1.05 bits per heavy atom. The molecular weight excluding hydrogens is 508 g/mol. The number of carbonyl (C=O) groups is 3. The van der Waals surface area contributed by atoms with Crippen LogP contribution in [0.2, 0.25) is 0 Å². The summed E-state index contributed by atoms with van der Waals surface area (Å²) in [6.07, 6.45) is 9.33. The molecule has 0 aliphatic heterocycles. The molecule has 40 heavy (non-hydrogen) atoms. The predicted molar refractivity (Wildman–Crippen MR) is 150 cm³/mol. The number of nitrogens with zero attached hydrogens (tertiary/aromatic N) is 1. The number of Topliss-reactive ketones (excluding diaryl/α,β-unsaturated/α-hetero) is 1. The topological polar surface area (TPSA) is 114 Å². The van der Waals surface area contributed by atoms with Crippen molar-refractivity contribution in [1.29, 1.82) is 0 Å². The number of oxime groups is 1. The molecule has 0 saturated heterocycles. The number of benzene rings is 1. The van der Waals surface area contributed by atoms with Crippen molar-refractivity contribution in [2.24, 2.45) is 33.7 Å². The van der Waals surface area contributed by atoms with Crippen LogP contribution in [-0.4, -0.2) is 47.8 Å². The summed E-state index contributed by atoms with van der Waals surface area (Å²) in [6.45, 7) is 5.79. The third-order valence-electron chi connectivity index (χ3n) is 11.0. The van der Waals surface area contributed by atoms with Crippen LogP contribution in [0.5, 0.6) is 0 Å². The molecule has 8 heteroatoms. The summed E-state index contributed by atoms with van der Waals surface area (Å²) in [5.74, 6) is 0.336. The van der Waals surface area contributed by atoms with Gasteiger partial charge in [-0.05, 0) is 93.1 Å². The Hall–Kier alpha value is -3.00. The molecule has 0 unspecified atom stereocenters. The van der Waals surface area contributed by atoms with Gasteiger partial charge in [-0.25, -0.2) is 4.79 Å². The van der Waals surface area contributed by atoms with Crippen molar-refractivity contribution in [3.8, 4) is 0 Å². The van der Waals surface area contributed by atoms with E-state index < -0.39 is 23.5 Å². The third-order valence-corrected chi connectivity index (χ3v) is 11.0. The molecule has 4 aliphatic carbocycles. The van der Waals surface area contributed by atoms with Crippen molar-refractivity contribution in [3.05, 3.63) is 47.5 Å². The number of hydrogen-bond donors (Lipinski definition) is 2. The lowest BCUT2D eigenvalue weighted by molar-refractivity contribution is -0.159. The molecule has 0 spiro atoms. The molecule has 1 amide bonds. The molecule has 0 bridgehead atoms. The van der Waals surface area contributed by atoms with E-state index in [1.54, 1.807) is 31.2 Å². The number of hydrogen-bond acceptors (Lipinski definition) is 7. The van der Waals surface area contributed by atoms with Crippen LogP contribution in [0.1, 0.15) is 83.7 Å². The summed E-state index contributed by atoms with van der Waals surface area (Å²) in [6, 6.07) is 8.03. The van der Waals surface area contributed by atoms with E-state index in [1.165, 1.54) is 12.7 Å². The zero-order valence-corrected chi connectivity index (χ0v) is 24.1. The second kappa shape index (κ2) is 10.8. The van der Waals surface area contributed by atoms with E-state index >= 15 is 0 Å². The van der Waals surface area contributed by atoms with Crippen LogP contribution in [0.3, 0.4) is 0 Å². The highest BCUT2D eigenvalue weighted by molar-refractivity contribution is 5.96. The number of ketones is 1. The fourth-order valence-electron chi connectivity index (χ4n) is 8.66. The van der Waals surface area contributed by atoms with Gasteiger partial charge >= 0.3 is 5.97 Å². The minimum Gasteiger partial charge on any atom is -0.467 e. The number of methoxy groups -OCH3 is 1. The second-order valence-electron chi connectivity index (χ2n) is 12.7. The van der Waals surface area contributed by atoms with E-state index in [1.807, 2.05) is 6.07 Å². The Labute approximate surface area is 236 Å². The van der Waals surface area contributed by atoms with Gasteiger partial charge in [-0.2, -0.15) is 0 Å². The molecule has 8 nitrogen and oxygen atoms in total. The molecular formula is C32H42N2O6. The van der Waals surface area contributed by atoms with Crippen LogP contribution in [0.25, 0.3) is 0 Å². The molecule has 5 rings (SSSR count). The molecule has 4 aliphatic rings. The van der Waals surface area contributed by atoms with Gasteiger partial charge in [-0.3, -0.25) is 9.59 Å². The molecule has 1 aromatic rings. The lowest BCUT2D eigenvalue weighted by Crippen LogP contribution is -2.57. The van der Waals surface area contributed by atoms with Gasteiger partial charge in [0.05, 0.1) is 12.8 Å². The van der Waals surface area contributed by atoms with E-state index in [4.69, 9.17) is 9.57 Å². The van der Waals surface area contributed by atoms with Crippen molar-refractivity contribution in [2.75, 3.05) is 13.7 Å². The highest BCUT2D eigenvalue weighted by atomic mass is 16.6. The highest BCUT2D eigenvalue weighted by Crippen LogP contribution is 2.67. The summed E-state index contributed by atoms with van der Waals surface area (Å²) >= 11 is 0. The van der Waals surface area contributed by atoms with E-state index in [2.05, 4.69) is 30.4 Å². The first kappa shape index (κ1) is 28.5. The van der Waals surface area contributed by atoms with Crippen molar-refractivity contribution in [2.45, 2.75) is 83.8 Å². The van der Waals surface area contributed by atoms with Crippen LogP contribution >= 0.6 is 0 Å². The number of ether oxygens (including phenoxy) is 1. The first-order valence-electron chi connectivity index (χ1n) is 14.6. The second-order valence-corrected chi connectivity index (χ2v) is 12.7. The van der Waals surface area contributed by atoms with Gasteiger partial charge in [0.1, 0.15) is 5.60 Å². The van der Waals surface area contributed by atoms with Gasteiger partial charge in [-0.15, -0.1) is 0 Å². The van der Waals surface area contributed by atoms with Gasteiger partial charge in [-0.1, -0.05) is 54.9 Å². The Balaban J connectivity index is 1.23. The maximum Gasteiger partial charge on any atom is 0.333 e. The predicted octanol–water partition coefficient (Wildman–Crippen LogP) is 4.67. The molecule has 216 valence electrons. The van der Waals surface area contributed by atoms with Gasteiger partial charge in [0.15, 0.2) is 18.4 Å². The zero-order valence-electron chi connectivity index (χ0n) is 24.1. The molecule has 0 aromatic heterocycles. The van der Waals surface area contributed by atoms with Crippen LogP contribution in [0.4, 0.5) is 0 Å². The fraction of sp³-hybridized carbons (Fsp3) is 0.625. The molecule has 7 atom stereocenters. The van der Waals surface area contributed by atoms with Gasteiger partial charge in [0.2, 0.25) is 0 Å². The lowest BCUT2D eigenvalue weighted by atomic mass is 9.46. The van der Waals surface area contributed by atoms with Crippen molar-refractivity contribution < 1.29 is 29.1 Å². The molecule has 2 N–H and O–H groups in total. The molecule has 3 fully saturated rings. The number of fused-ring (bicyclic) bond motifs is 5. The summed E-state index contributed by atoms with van der Waals surface area (Å²) in [5, 5.41) is 18.3. The van der Waals surface area contributed by atoms with E-state index in [-0.39, 0.29) is 23.2 Å². The number of allylic oxidation sites excluding steroid dienone is 2. The van der Waals surface area contributed by atoms with Gasteiger partial charge in [0, 0.05) is 5.41 Å². The standard InChI is InChI=1S/C32H42N2O6/c1-20(35)32(38)17-14-26-24-11-10-22-18-23(12-15-30(22,2)25(24)13-16-31(26,32)3)34-40-19-27(36)33-28(29(37)39-4)21-8-6-5-7-9-21/h5-9,18,24-26,28,38H,10-17,19H2,1-4H3,(H,33,36)/b34-23+/t24-,25+,26-,28-,30-,31-,32+/m1/s1. The summed E-state index contributed by atoms with van der Waals surface area (Å²) in [4.78, 5) is 42.7. The van der Waals surface area contributed by atoms with Crippen LogP contribution < -0.4 is 5.32 Å². The average molecular weight is 551 g/mol. The average Bonchev–Trinajstić information content (AvgIpc) is 3.23. The number of rotatable bonds is 7.